The number of nitrogens with one attached hydrogen (secondary N) is 2. The maximum absolute atomic E-state index is 12.5. The van der Waals surface area contributed by atoms with E-state index in [4.69, 9.17) is 0 Å². The Morgan fingerprint density at radius 3 is 2.65 bits per heavy atom. The number of H-pyrrole nitrogens is 1. The monoisotopic (exact) mass is 316 g/mol. The maximum Gasteiger partial charge on any atom is 0.223 e. The first-order chi connectivity index (χ1) is 11.0. The Bertz CT molecular complexity index is 598. The molecule has 2 saturated carbocycles. The van der Waals surface area contributed by atoms with Crippen molar-refractivity contribution in [2.75, 3.05) is 6.54 Å². The third kappa shape index (κ3) is 2.31. The Kier molecular flexibility index (Phi) is 3.50. The zero-order valence-corrected chi connectivity index (χ0v) is 14.3. The highest BCUT2D eigenvalue weighted by Crippen LogP contribution is 2.67. The first kappa shape index (κ1) is 15.2. The number of hydrogen-bond donors (Lipinski definition) is 2. The van der Waals surface area contributed by atoms with Crippen molar-refractivity contribution >= 4 is 5.91 Å². The van der Waals surface area contributed by atoms with Gasteiger partial charge in [0.15, 0.2) is 0 Å². The molecule has 3 aliphatic rings. The highest BCUT2D eigenvalue weighted by Gasteiger charge is 2.57. The first-order valence-electron chi connectivity index (χ1n) is 9.18. The lowest BCUT2D eigenvalue weighted by molar-refractivity contribution is -0.125. The van der Waals surface area contributed by atoms with Gasteiger partial charge in [-0.3, -0.25) is 4.79 Å². The van der Waals surface area contributed by atoms with Crippen molar-refractivity contribution in [3.63, 3.8) is 0 Å². The number of aromatic amines is 1. The van der Waals surface area contributed by atoms with Crippen molar-refractivity contribution in [3.05, 3.63) is 11.4 Å². The largest absolute Gasteiger partial charge is 0.356 e. The number of nitrogens with zero attached hydrogens (tertiary/aromatic N) is 2. The zero-order chi connectivity index (χ0) is 16.1. The van der Waals surface area contributed by atoms with Gasteiger partial charge in [0.05, 0.1) is 11.4 Å². The zero-order valence-electron chi connectivity index (χ0n) is 14.3. The Morgan fingerprint density at radius 1 is 1.22 bits per heavy atom. The number of hydrogen-bond acceptors (Lipinski definition) is 3. The smallest absolute Gasteiger partial charge is 0.223 e. The third-order valence-corrected chi connectivity index (χ3v) is 7.48. The van der Waals surface area contributed by atoms with E-state index in [0.717, 1.165) is 49.5 Å². The molecule has 5 heteroatoms. The summed E-state index contributed by atoms with van der Waals surface area (Å²) in [5.41, 5.74) is 2.94. The number of carbonyl (C=O) groups excluding carboxylic acids is 1. The molecular formula is C18H28N4O. The number of aromatic nitrogens is 3. The lowest BCUT2D eigenvalue weighted by Gasteiger charge is -2.38. The molecule has 0 aliphatic heterocycles. The minimum Gasteiger partial charge on any atom is -0.356 e. The molecule has 1 aromatic rings. The quantitative estimate of drug-likeness (QED) is 0.897. The van der Waals surface area contributed by atoms with E-state index in [1.807, 2.05) is 0 Å². The van der Waals surface area contributed by atoms with Crippen LogP contribution in [-0.2, 0) is 17.6 Å². The Hall–Kier alpha value is -1.39. The molecule has 1 unspecified atom stereocenters. The van der Waals surface area contributed by atoms with Crippen molar-refractivity contribution in [1.82, 2.24) is 20.7 Å². The van der Waals surface area contributed by atoms with Gasteiger partial charge in [0.2, 0.25) is 5.91 Å². The molecule has 1 aromatic heterocycles. The summed E-state index contributed by atoms with van der Waals surface area (Å²) in [5.74, 6) is 1.18. The maximum atomic E-state index is 12.5. The molecule has 0 saturated heterocycles. The van der Waals surface area contributed by atoms with E-state index >= 15 is 0 Å². The van der Waals surface area contributed by atoms with Gasteiger partial charge >= 0.3 is 0 Å². The van der Waals surface area contributed by atoms with Gasteiger partial charge in [0.25, 0.3) is 0 Å². The fraction of sp³-hybridized carbons (Fsp3) is 0.833. The van der Waals surface area contributed by atoms with Crippen molar-refractivity contribution in [2.45, 2.75) is 65.2 Å². The van der Waals surface area contributed by atoms with E-state index in [-0.39, 0.29) is 11.8 Å². The molecule has 1 heterocycles. The van der Waals surface area contributed by atoms with Crippen molar-refractivity contribution in [1.29, 1.82) is 0 Å². The van der Waals surface area contributed by atoms with Crippen molar-refractivity contribution in [2.24, 2.45) is 22.7 Å². The average Bonchev–Trinajstić information content (AvgIpc) is 3.17. The topological polar surface area (TPSA) is 70.7 Å². The minimum atomic E-state index is 0.0676. The number of rotatable bonds is 4. The summed E-state index contributed by atoms with van der Waals surface area (Å²) >= 11 is 0. The van der Waals surface area contributed by atoms with E-state index in [2.05, 4.69) is 34.6 Å². The molecule has 126 valence electrons. The molecule has 1 atom stereocenters. The van der Waals surface area contributed by atoms with Gasteiger partial charge in [0, 0.05) is 18.9 Å². The molecule has 2 bridgehead atoms. The van der Waals surface area contributed by atoms with Crippen LogP contribution in [0, 0.1) is 22.7 Å². The normalized spacial score (nSPS) is 34.3. The highest BCUT2D eigenvalue weighted by atomic mass is 16.1. The molecular weight excluding hydrogens is 288 g/mol. The molecule has 0 aromatic carbocycles. The van der Waals surface area contributed by atoms with Gasteiger partial charge in [0.1, 0.15) is 0 Å². The van der Waals surface area contributed by atoms with E-state index in [1.54, 1.807) is 0 Å². The van der Waals surface area contributed by atoms with Gasteiger partial charge in [-0.25, -0.2) is 0 Å². The molecule has 5 nitrogen and oxygen atoms in total. The van der Waals surface area contributed by atoms with Crippen LogP contribution >= 0.6 is 0 Å². The fourth-order valence-electron chi connectivity index (χ4n) is 5.62. The minimum absolute atomic E-state index is 0.0676. The van der Waals surface area contributed by atoms with E-state index in [9.17, 15) is 4.79 Å². The molecule has 1 amide bonds. The average molecular weight is 316 g/mol. The van der Waals surface area contributed by atoms with Gasteiger partial charge in [-0.1, -0.05) is 13.8 Å². The van der Waals surface area contributed by atoms with Crippen LogP contribution in [-0.4, -0.2) is 27.9 Å². The van der Waals surface area contributed by atoms with Gasteiger partial charge in [-0.15, -0.1) is 0 Å². The van der Waals surface area contributed by atoms with Crippen LogP contribution in [0.3, 0.4) is 0 Å². The lowest BCUT2D eigenvalue weighted by atomic mass is 9.67. The lowest BCUT2D eigenvalue weighted by Crippen LogP contribution is -2.38. The van der Waals surface area contributed by atoms with Crippen LogP contribution in [0.1, 0.15) is 63.8 Å². The number of amides is 1. The van der Waals surface area contributed by atoms with Crippen LogP contribution in [0.25, 0.3) is 0 Å². The van der Waals surface area contributed by atoms with Crippen molar-refractivity contribution < 1.29 is 4.79 Å². The Balaban J connectivity index is 1.31. The molecule has 4 rings (SSSR count). The summed E-state index contributed by atoms with van der Waals surface area (Å²) in [6, 6.07) is 0. The predicted octanol–water partition coefficient (Wildman–Crippen LogP) is 2.63. The van der Waals surface area contributed by atoms with Crippen LogP contribution in [0.5, 0.6) is 0 Å². The summed E-state index contributed by atoms with van der Waals surface area (Å²) in [6.45, 7) is 5.73. The predicted molar refractivity (Wildman–Crippen MR) is 87.7 cm³/mol. The van der Waals surface area contributed by atoms with Gasteiger partial charge < -0.3 is 5.32 Å². The van der Waals surface area contributed by atoms with Gasteiger partial charge in [-0.05, 0) is 61.7 Å². The van der Waals surface area contributed by atoms with E-state index < -0.39 is 0 Å². The van der Waals surface area contributed by atoms with Crippen LogP contribution in [0.2, 0.25) is 0 Å². The van der Waals surface area contributed by atoms with Crippen LogP contribution < -0.4 is 5.32 Å². The number of aryl methyl sites for hydroxylation is 1. The molecule has 3 aliphatic carbocycles. The fourth-order valence-corrected chi connectivity index (χ4v) is 5.62. The second kappa shape index (κ2) is 5.32. The number of fused-ring (bicyclic) bond motifs is 3. The van der Waals surface area contributed by atoms with Gasteiger partial charge in [-0.2, -0.15) is 15.4 Å². The number of carbonyl (C=O) groups is 1. The molecule has 2 N–H and O–H groups in total. The van der Waals surface area contributed by atoms with Crippen molar-refractivity contribution in [3.8, 4) is 0 Å². The molecule has 0 spiro atoms. The molecule has 23 heavy (non-hydrogen) atoms. The second-order valence-corrected chi connectivity index (χ2v) is 8.47. The van der Waals surface area contributed by atoms with Crippen LogP contribution in [0.4, 0.5) is 0 Å². The summed E-state index contributed by atoms with van der Waals surface area (Å²) in [5, 5.41) is 14.2. The summed E-state index contributed by atoms with van der Waals surface area (Å²) < 4.78 is 0. The molecule has 0 radical (unpaired) electrons. The standard InChI is InChI=1S/C18H28N4O/c1-17(2)13-5-7-18(17,8-6-13)9-10-19-16(23)12-3-4-14-15(11-12)21-22-20-14/h12-13H,3-11H2,1-2H3,(H,19,23)(H,20,21,22). The van der Waals surface area contributed by atoms with Crippen LogP contribution in [0.15, 0.2) is 0 Å². The summed E-state index contributed by atoms with van der Waals surface area (Å²) in [4.78, 5) is 12.5. The summed E-state index contributed by atoms with van der Waals surface area (Å²) in [7, 11) is 0. The first-order valence-corrected chi connectivity index (χ1v) is 9.18. The SMILES string of the molecule is CC1(C)C2CCC1(CCNC(=O)C1CCc3n[nH]nc3C1)CC2. The van der Waals surface area contributed by atoms with E-state index in [0.29, 0.717) is 10.8 Å². The Morgan fingerprint density at radius 2 is 1.96 bits per heavy atom. The third-order valence-electron chi connectivity index (χ3n) is 7.48. The van der Waals surface area contributed by atoms with E-state index in [1.165, 1.54) is 25.7 Å². The summed E-state index contributed by atoms with van der Waals surface area (Å²) in [6.07, 6.45) is 9.11. The second-order valence-electron chi connectivity index (χ2n) is 8.47. The molecule has 2 fully saturated rings. The Labute approximate surface area is 138 Å². The highest BCUT2D eigenvalue weighted by molar-refractivity contribution is 5.79.